The highest BCUT2D eigenvalue weighted by molar-refractivity contribution is 6.01. The maximum Gasteiger partial charge on any atom is 0.160 e. The molecule has 304 valence electrons. The molecule has 0 unspecified atom stereocenters. The zero-order valence-electron chi connectivity index (χ0n) is 36.5. The Labute approximate surface area is 375 Å². The topological polar surface area (TPSA) is 25.8 Å². The first-order chi connectivity index (χ1) is 31.2. The van der Waals surface area contributed by atoms with Gasteiger partial charge in [-0.2, -0.15) is 0 Å². The third-order valence-electron chi connectivity index (χ3n) is 14.1. The van der Waals surface area contributed by atoms with Crippen molar-refractivity contribution >= 4 is 10.8 Å². The highest BCUT2D eigenvalue weighted by Gasteiger charge is 2.38. The first kappa shape index (κ1) is 38.0. The van der Waals surface area contributed by atoms with Crippen LogP contribution in [0, 0.1) is 0 Å². The molecular weight excluding hydrogens is 773 g/mol. The van der Waals surface area contributed by atoms with E-state index in [4.69, 9.17) is 9.97 Å². The van der Waals surface area contributed by atoms with Gasteiger partial charge in [-0.1, -0.05) is 198 Å². The smallest absolute Gasteiger partial charge is 0.160 e. The monoisotopic (exact) mass is 818 g/mol. The largest absolute Gasteiger partial charge is 0.228 e. The summed E-state index contributed by atoms with van der Waals surface area (Å²) in [6, 6.07) is 75.4. The first-order valence-electron chi connectivity index (χ1n) is 22.4. The fraction of sp³-hybridized carbons (Fsp3) is 0.0968. The average molecular weight is 819 g/mol. The Bertz CT molecular complexity index is 3490. The van der Waals surface area contributed by atoms with Crippen molar-refractivity contribution in [2.45, 2.75) is 38.5 Å². The maximum absolute atomic E-state index is 5.46. The summed E-state index contributed by atoms with van der Waals surface area (Å²) in [6.07, 6.45) is 0. The molecule has 12 rings (SSSR count). The SMILES string of the molecule is CC1(C)c2ccccc2-c2c(-c3cc(-c4cc(-c5ccccc5-c5ccccc5)nc(-c5ccccc5)n4)cc(-c4cccc5c4-c4cc6ccccc6cc4C5(C)C)c3)cccc21. The van der Waals surface area contributed by atoms with Crippen LogP contribution in [0.1, 0.15) is 49.9 Å². The molecule has 0 N–H and O–H groups in total. The van der Waals surface area contributed by atoms with Crippen molar-refractivity contribution in [3.8, 4) is 89.5 Å². The van der Waals surface area contributed by atoms with Crippen LogP contribution in [0.4, 0.5) is 0 Å². The van der Waals surface area contributed by atoms with Crippen molar-refractivity contribution < 1.29 is 0 Å². The number of hydrogen-bond donors (Lipinski definition) is 0. The van der Waals surface area contributed by atoms with E-state index in [1.807, 2.05) is 6.07 Å². The number of nitrogens with zero attached hydrogens (tertiary/aromatic N) is 2. The van der Waals surface area contributed by atoms with E-state index in [-0.39, 0.29) is 10.8 Å². The first-order valence-corrected chi connectivity index (χ1v) is 22.4. The fourth-order valence-electron chi connectivity index (χ4n) is 10.8. The van der Waals surface area contributed by atoms with Gasteiger partial charge in [0.1, 0.15) is 0 Å². The summed E-state index contributed by atoms with van der Waals surface area (Å²) >= 11 is 0. The molecule has 0 radical (unpaired) electrons. The zero-order chi connectivity index (χ0) is 43.2. The lowest BCUT2D eigenvalue weighted by Crippen LogP contribution is -2.14. The fourth-order valence-corrected chi connectivity index (χ4v) is 10.8. The van der Waals surface area contributed by atoms with Crippen molar-refractivity contribution in [3.05, 3.63) is 229 Å². The van der Waals surface area contributed by atoms with Gasteiger partial charge in [0.25, 0.3) is 0 Å². The third-order valence-corrected chi connectivity index (χ3v) is 14.1. The highest BCUT2D eigenvalue weighted by atomic mass is 14.9. The van der Waals surface area contributed by atoms with Crippen LogP contribution in [0.2, 0.25) is 0 Å². The molecule has 0 aliphatic heterocycles. The Morgan fingerprint density at radius 2 is 0.750 bits per heavy atom. The molecule has 9 aromatic carbocycles. The lowest BCUT2D eigenvalue weighted by Gasteiger charge is -2.22. The Morgan fingerprint density at radius 3 is 1.42 bits per heavy atom. The molecule has 0 saturated heterocycles. The molecule has 64 heavy (non-hydrogen) atoms. The maximum atomic E-state index is 5.46. The van der Waals surface area contributed by atoms with Crippen LogP contribution in [0.25, 0.3) is 100 Å². The van der Waals surface area contributed by atoms with Gasteiger partial charge in [-0.05, 0) is 125 Å². The molecule has 2 aliphatic carbocycles. The van der Waals surface area contributed by atoms with E-state index in [9.17, 15) is 0 Å². The van der Waals surface area contributed by atoms with Gasteiger partial charge in [-0.3, -0.25) is 0 Å². The Hall–Kier alpha value is -7.68. The summed E-state index contributed by atoms with van der Waals surface area (Å²) in [4.78, 5) is 10.8. The Kier molecular flexibility index (Phi) is 8.58. The van der Waals surface area contributed by atoms with E-state index in [1.54, 1.807) is 0 Å². The third kappa shape index (κ3) is 5.93. The van der Waals surface area contributed by atoms with Gasteiger partial charge < -0.3 is 0 Å². The highest BCUT2D eigenvalue weighted by Crippen LogP contribution is 2.55. The van der Waals surface area contributed by atoms with E-state index in [0.29, 0.717) is 5.82 Å². The van der Waals surface area contributed by atoms with Crippen LogP contribution in [0.3, 0.4) is 0 Å². The van der Waals surface area contributed by atoms with Gasteiger partial charge in [-0.15, -0.1) is 0 Å². The molecule has 0 fully saturated rings. The summed E-state index contributed by atoms with van der Waals surface area (Å²) in [5, 5.41) is 2.53. The molecule has 2 aliphatic rings. The van der Waals surface area contributed by atoms with Crippen LogP contribution in [-0.4, -0.2) is 9.97 Å². The van der Waals surface area contributed by atoms with Crippen molar-refractivity contribution in [2.75, 3.05) is 0 Å². The molecule has 1 heterocycles. The molecule has 2 nitrogen and oxygen atoms in total. The number of fused-ring (bicyclic) bond motifs is 7. The number of rotatable bonds is 6. The summed E-state index contributed by atoms with van der Waals surface area (Å²) < 4.78 is 0. The minimum atomic E-state index is -0.168. The average Bonchev–Trinajstić information content (AvgIpc) is 3.72. The molecule has 0 spiro atoms. The normalized spacial score (nSPS) is 13.9. The van der Waals surface area contributed by atoms with Gasteiger partial charge in [0.15, 0.2) is 5.82 Å². The second-order valence-corrected chi connectivity index (χ2v) is 18.5. The standard InChI is InChI=1S/C62H46N2/c1-61(2)52-30-16-15-27-50(52)58-47(28-17-31-53(58)61)43-33-44(48-29-18-32-54-59(48)51-36-41-23-11-12-24-42(41)37-55(51)62(54,3)4)35-45(34-43)56-38-57(64-60(63-56)40-21-9-6-10-22-40)49-26-14-13-25-46(49)39-19-7-5-8-20-39/h5-38H,1-4H3. The van der Waals surface area contributed by atoms with E-state index >= 15 is 0 Å². The number of aromatic nitrogens is 2. The van der Waals surface area contributed by atoms with E-state index in [2.05, 4.69) is 228 Å². The van der Waals surface area contributed by atoms with E-state index in [0.717, 1.165) is 50.3 Å². The summed E-state index contributed by atoms with van der Waals surface area (Å²) in [6.45, 7) is 9.48. The van der Waals surface area contributed by atoms with Crippen molar-refractivity contribution in [2.24, 2.45) is 0 Å². The van der Waals surface area contributed by atoms with E-state index < -0.39 is 0 Å². The Morgan fingerprint density at radius 1 is 0.281 bits per heavy atom. The van der Waals surface area contributed by atoms with Gasteiger partial charge in [0, 0.05) is 27.5 Å². The van der Waals surface area contributed by atoms with E-state index in [1.165, 1.54) is 66.4 Å². The van der Waals surface area contributed by atoms with Crippen LogP contribution >= 0.6 is 0 Å². The molecule has 2 heteroatoms. The van der Waals surface area contributed by atoms with Crippen molar-refractivity contribution in [1.82, 2.24) is 9.97 Å². The second-order valence-electron chi connectivity index (χ2n) is 18.5. The summed E-state index contributed by atoms with van der Waals surface area (Å²) in [7, 11) is 0. The van der Waals surface area contributed by atoms with Gasteiger partial charge in [0.05, 0.1) is 11.4 Å². The van der Waals surface area contributed by atoms with Crippen LogP contribution in [-0.2, 0) is 10.8 Å². The number of benzene rings is 9. The molecule has 10 aromatic rings. The molecule has 0 bridgehead atoms. The van der Waals surface area contributed by atoms with Gasteiger partial charge in [0.2, 0.25) is 0 Å². The second kappa shape index (κ2) is 14.4. The molecular formula is C62H46N2. The Balaban J connectivity index is 1.14. The van der Waals surface area contributed by atoms with Crippen LogP contribution in [0.15, 0.2) is 206 Å². The van der Waals surface area contributed by atoms with Crippen LogP contribution in [0.5, 0.6) is 0 Å². The minimum Gasteiger partial charge on any atom is -0.228 e. The quantitative estimate of drug-likeness (QED) is 0.167. The minimum absolute atomic E-state index is 0.126. The predicted molar refractivity (Wildman–Crippen MR) is 267 cm³/mol. The lowest BCUT2D eigenvalue weighted by atomic mass is 9.81. The predicted octanol–water partition coefficient (Wildman–Crippen LogP) is 16.2. The van der Waals surface area contributed by atoms with Gasteiger partial charge >= 0.3 is 0 Å². The number of hydrogen-bond acceptors (Lipinski definition) is 2. The lowest BCUT2D eigenvalue weighted by molar-refractivity contribution is 0.660. The molecule has 0 atom stereocenters. The molecule has 0 saturated carbocycles. The van der Waals surface area contributed by atoms with Crippen molar-refractivity contribution in [3.63, 3.8) is 0 Å². The zero-order valence-corrected chi connectivity index (χ0v) is 36.5. The summed E-state index contributed by atoms with van der Waals surface area (Å²) in [5.41, 5.74) is 22.3. The van der Waals surface area contributed by atoms with Gasteiger partial charge in [-0.25, -0.2) is 9.97 Å². The van der Waals surface area contributed by atoms with Crippen LogP contribution < -0.4 is 0 Å². The summed E-state index contributed by atoms with van der Waals surface area (Å²) in [5.74, 6) is 0.697. The van der Waals surface area contributed by atoms with Crippen molar-refractivity contribution in [1.29, 1.82) is 0 Å². The molecule has 0 amide bonds. The molecule has 1 aromatic heterocycles.